The first-order valence-corrected chi connectivity index (χ1v) is 13.7. The van der Waals surface area contributed by atoms with E-state index >= 15 is 0 Å². The molecule has 0 saturated carbocycles. The number of thiophene rings is 1. The number of carbonyl (C=O) groups is 1. The number of piperazine rings is 1. The summed E-state index contributed by atoms with van der Waals surface area (Å²) in [5.41, 5.74) is 10.1. The third-order valence-electron chi connectivity index (χ3n) is 6.96. The van der Waals surface area contributed by atoms with E-state index in [9.17, 15) is 4.79 Å². The van der Waals surface area contributed by atoms with E-state index in [1.165, 1.54) is 5.56 Å². The molecule has 6 rings (SSSR count). The summed E-state index contributed by atoms with van der Waals surface area (Å²) < 4.78 is 5.44. The molecule has 2 amide bonds. The van der Waals surface area contributed by atoms with Crippen molar-refractivity contribution in [2.24, 2.45) is 0 Å². The van der Waals surface area contributed by atoms with Gasteiger partial charge in [-0.1, -0.05) is 18.2 Å². The Bertz CT molecular complexity index is 1420. The Morgan fingerprint density at radius 3 is 2.68 bits per heavy atom. The van der Waals surface area contributed by atoms with Crippen molar-refractivity contribution < 1.29 is 9.53 Å². The standard InChI is InChI=1S/C27H30N8O2S/c28-26-31-24(23-22(18-38-25(23)32-26)20-4-2-6-29-16-20)34-7-9-35(10-8-34)27(36)30-21-5-1-3-19(15-21)17-33-11-13-37-14-12-33/h1-6,15-16,18H,7-14,17H2,(H,30,36)(H2,28,31,32). The van der Waals surface area contributed by atoms with Crippen molar-refractivity contribution in [2.45, 2.75) is 6.54 Å². The third kappa shape index (κ3) is 5.26. The smallest absolute Gasteiger partial charge is 0.321 e. The lowest BCUT2D eigenvalue weighted by atomic mass is 10.1. The van der Waals surface area contributed by atoms with E-state index in [1.54, 1.807) is 17.5 Å². The molecule has 2 aliphatic heterocycles. The number of fused-ring (bicyclic) bond motifs is 1. The van der Waals surface area contributed by atoms with Crippen molar-refractivity contribution in [3.63, 3.8) is 0 Å². The van der Waals surface area contributed by atoms with Gasteiger partial charge in [0.15, 0.2) is 0 Å². The van der Waals surface area contributed by atoms with Crippen molar-refractivity contribution in [1.29, 1.82) is 0 Å². The average molecular weight is 531 g/mol. The van der Waals surface area contributed by atoms with Gasteiger partial charge in [-0.05, 0) is 23.8 Å². The Labute approximate surface area is 225 Å². The number of ether oxygens (including phenoxy) is 1. The number of nitrogens with two attached hydrogens (primary N) is 1. The van der Waals surface area contributed by atoms with Crippen LogP contribution in [-0.4, -0.2) is 83.3 Å². The minimum absolute atomic E-state index is 0.0906. The predicted octanol–water partition coefficient (Wildman–Crippen LogP) is 3.52. The zero-order valence-electron chi connectivity index (χ0n) is 21.0. The molecule has 2 saturated heterocycles. The maximum atomic E-state index is 13.1. The number of hydrogen-bond donors (Lipinski definition) is 2. The Hall–Kier alpha value is -3.80. The number of aromatic nitrogens is 3. The molecular weight excluding hydrogens is 500 g/mol. The number of amides is 2. The van der Waals surface area contributed by atoms with Crippen molar-refractivity contribution in [2.75, 3.05) is 68.4 Å². The number of urea groups is 1. The molecule has 1 aromatic carbocycles. The summed E-state index contributed by atoms with van der Waals surface area (Å²) in [5, 5.41) is 6.14. The number of nitrogen functional groups attached to an aromatic ring is 1. The molecule has 0 bridgehead atoms. The highest BCUT2D eigenvalue weighted by Crippen LogP contribution is 2.38. The molecule has 38 heavy (non-hydrogen) atoms. The molecule has 0 spiro atoms. The normalized spacial score (nSPS) is 16.6. The zero-order chi connectivity index (χ0) is 25.9. The van der Waals surface area contributed by atoms with Gasteiger partial charge in [-0.2, -0.15) is 4.98 Å². The number of rotatable bonds is 5. The van der Waals surface area contributed by atoms with Crippen molar-refractivity contribution in [3.8, 4) is 11.1 Å². The second kappa shape index (κ2) is 10.9. The number of benzene rings is 1. The Morgan fingerprint density at radius 2 is 1.89 bits per heavy atom. The number of carbonyl (C=O) groups excluding carboxylic acids is 1. The molecule has 11 heteroatoms. The Kier molecular flexibility index (Phi) is 7.04. The van der Waals surface area contributed by atoms with Gasteiger partial charge in [0.05, 0.1) is 18.6 Å². The molecule has 2 aliphatic rings. The van der Waals surface area contributed by atoms with Crippen LogP contribution in [0.5, 0.6) is 0 Å². The van der Waals surface area contributed by atoms with Crippen molar-refractivity contribution in [1.82, 2.24) is 24.8 Å². The summed E-state index contributed by atoms with van der Waals surface area (Å²) in [6, 6.07) is 12.0. The van der Waals surface area contributed by atoms with E-state index in [0.29, 0.717) is 26.2 Å². The predicted molar refractivity (Wildman–Crippen MR) is 150 cm³/mol. The molecule has 0 aliphatic carbocycles. The number of hydrogen-bond acceptors (Lipinski definition) is 9. The first kappa shape index (κ1) is 24.5. The molecule has 196 valence electrons. The number of anilines is 3. The Balaban J connectivity index is 1.13. The van der Waals surface area contributed by atoms with Gasteiger partial charge >= 0.3 is 6.03 Å². The fourth-order valence-electron chi connectivity index (χ4n) is 4.99. The highest BCUT2D eigenvalue weighted by Gasteiger charge is 2.26. The van der Waals surface area contributed by atoms with Crippen LogP contribution >= 0.6 is 11.3 Å². The summed E-state index contributed by atoms with van der Waals surface area (Å²) in [7, 11) is 0. The van der Waals surface area contributed by atoms with Gasteiger partial charge in [0.25, 0.3) is 0 Å². The van der Waals surface area contributed by atoms with Gasteiger partial charge in [-0.25, -0.2) is 9.78 Å². The first-order chi connectivity index (χ1) is 18.6. The van der Waals surface area contributed by atoms with Crippen LogP contribution in [0.25, 0.3) is 21.3 Å². The fraction of sp³-hybridized carbons (Fsp3) is 0.333. The maximum Gasteiger partial charge on any atom is 0.321 e. The molecule has 5 heterocycles. The number of morpholine rings is 1. The van der Waals surface area contributed by atoms with Gasteiger partial charge in [0.2, 0.25) is 5.95 Å². The van der Waals surface area contributed by atoms with Gasteiger partial charge < -0.3 is 25.6 Å². The molecule has 4 aromatic rings. The number of nitrogens with one attached hydrogen (secondary N) is 1. The second-order valence-corrected chi connectivity index (χ2v) is 10.3. The summed E-state index contributed by atoms with van der Waals surface area (Å²) in [5.74, 6) is 1.06. The molecule has 3 aromatic heterocycles. The Morgan fingerprint density at radius 1 is 1.05 bits per heavy atom. The van der Waals surface area contributed by atoms with Crippen molar-refractivity contribution in [3.05, 3.63) is 59.7 Å². The van der Waals surface area contributed by atoms with Crippen LogP contribution in [-0.2, 0) is 11.3 Å². The second-order valence-electron chi connectivity index (χ2n) is 9.47. The van der Waals surface area contributed by atoms with Gasteiger partial charge in [0, 0.05) is 80.4 Å². The highest BCUT2D eigenvalue weighted by molar-refractivity contribution is 7.17. The topological polar surface area (TPSA) is 113 Å². The molecule has 2 fully saturated rings. The van der Waals surface area contributed by atoms with Crippen LogP contribution in [0.15, 0.2) is 54.2 Å². The number of nitrogens with zero attached hydrogens (tertiary/aromatic N) is 6. The van der Waals surface area contributed by atoms with E-state index < -0.39 is 0 Å². The lowest BCUT2D eigenvalue weighted by Gasteiger charge is -2.35. The van der Waals surface area contributed by atoms with E-state index in [0.717, 1.165) is 65.7 Å². The van der Waals surface area contributed by atoms with Crippen LogP contribution in [0.2, 0.25) is 0 Å². The molecule has 0 radical (unpaired) electrons. The third-order valence-corrected chi connectivity index (χ3v) is 7.83. The largest absolute Gasteiger partial charge is 0.379 e. The zero-order valence-corrected chi connectivity index (χ0v) is 21.9. The van der Waals surface area contributed by atoms with Gasteiger partial charge in [-0.15, -0.1) is 11.3 Å². The van der Waals surface area contributed by atoms with E-state index in [-0.39, 0.29) is 12.0 Å². The van der Waals surface area contributed by atoms with Crippen LogP contribution in [0.3, 0.4) is 0 Å². The van der Waals surface area contributed by atoms with Crippen LogP contribution in [0.1, 0.15) is 5.56 Å². The quantitative estimate of drug-likeness (QED) is 0.403. The minimum Gasteiger partial charge on any atom is -0.379 e. The van der Waals surface area contributed by atoms with E-state index in [1.807, 2.05) is 35.4 Å². The lowest BCUT2D eigenvalue weighted by molar-refractivity contribution is 0.0342. The lowest BCUT2D eigenvalue weighted by Crippen LogP contribution is -2.50. The molecular formula is C27H30N8O2S. The van der Waals surface area contributed by atoms with Gasteiger partial charge in [-0.3, -0.25) is 9.88 Å². The summed E-state index contributed by atoms with van der Waals surface area (Å²) in [4.78, 5) is 33.7. The maximum absolute atomic E-state index is 13.1. The monoisotopic (exact) mass is 530 g/mol. The van der Waals surface area contributed by atoms with E-state index in [4.69, 9.17) is 10.5 Å². The van der Waals surface area contributed by atoms with Crippen molar-refractivity contribution >= 4 is 45.0 Å². The highest BCUT2D eigenvalue weighted by atomic mass is 32.1. The van der Waals surface area contributed by atoms with Crippen LogP contribution in [0.4, 0.5) is 22.2 Å². The summed E-state index contributed by atoms with van der Waals surface area (Å²) >= 11 is 1.55. The summed E-state index contributed by atoms with van der Waals surface area (Å²) in [6.07, 6.45) is 3.61. The molecule has 10 nitrogen and oxygen atoms in total. The van der Waals surface area contributed by atoms with Gasteiger partial charge in [0.1, 0.15) is 10.6 Å². The molecule has 3 N–H and O–H groups in total. The SMILES string of the molecule is Nc1nc(N2CCN(C(=O)Nc3cccc(CN4CCOCC4)c3)CC2)c2c(-c3cccnc3)csc2n1. The fourth-order valence-corrected chi connectivity index (χ4v) is 5.94. The molecule has 0 unspecified atom stereocenters. The number of pyridine rings is 1. The average Bonchev–Trinajstić information content (AvgIpc) is 3.38. The molecule has 0 atom stereocenters. The summed E-state index contributed by atoms with van der Waals surface area (Å²) in [6.45, 7) is 6.72. The van der Waals surface area contributed by atoms with Crippen LogP contribution < -0.4 is 16.0 Å². The van der Waals surface area contributed by atoms with Crippen LogP contribution in [0, 0.1) is 0 Å². The van der Waals surface area contributed by atoms with E-state index in [2.05, 4.69) is 47.6 Å². The minimum atomic E-state index is -0.0906. The first-order valence-electron chi connectivity index (χ1n) is 12.8.